The molecule has 0 bridgehead atoms. The van der Waals surface area contributed by atoms with Crippen LogP contribution in [0.1, 0.15) is 20.3 Å². The van der Waals surface area contributed by atoms with Gasteiger partial charge in [-0.15, -0.1) is 0 Å². The number of nitriles is 1. The zero-order valence-corrected chi connectivity index (χ0v) is 9.47. The van der Waals surface area contributed by atoms with E-state index in [-0.39, 0.29) is 24.9 Å². The van der Waals surface area contributed by atoms with Crippen molar-refractivity contribution in [1.29, 1.82) is 5.26 Å². The van der Waals surface area contributed by atoms with Crippen molar-refractivity contribution < 1.29 is 4.79 Å². The molecule has 88 valence electrons. The average Bonchev–Trinajstić information content (AvgIpc) is 2.21. The molecule has 0 saturated carbocycles. The fourth-order valence-corrected chi connectivity index (χ4v) is 1.06. The molecule has 0 aliphatic heterocycles. The van der Waals surface area contributed by atoms with Crippen LogP contribution in [0.15, 0.2) is 5.11 Å². The number of hydrogen-bond acceptors (Lipinski definition) is 4. The highest BCUT2D eigenvalue weighted by atomic mass is 16.1. The maximum absolute atomic E-state index is 11.3. The van der Waals surface area contributed by atoms with Crippen LogP contribution in [-0.4, -0.2) is 31.1 Å². The monoisotopic (exact) mass is 224 g/mol. The van der Waals surface area contributed by atoms with Crippen molar-refractivity contribution in [2.45, 2.75) is 32.4 Å². The van der Waals surface area contributed by atoms with Gasteiger partial charge in [-0.05, 0) is 19.4 Å². The molecule has 0 heterocycles. The van der Waals surface area contributed by atoms with Gasteiger partial charge in [0.2, 0.25) is 5.91 Å². The van der Waals surface area contributed by atoms with Gasteiger partial charge in [0.15, 0.2) is 0 Å². The molecule has 0 spiro atoms. The third kappa shape index (κ3) is 7.62. The van der Waals surface area contributed by atoms with Crippen molar-refractivity contribution in [2.75, 3.05) is 13.1 Å². The molecule has 0 aliphatic rings. The summed E-state index contributed by atoms with van der Waals surface area (Å²) < 4.78 is 0. The van der Waals surface area contributed by atoms with Crippen LogP contribution in [0.2, 0.25) is 0 Å². The van der Waals surface area contributed by atoms with E-state index < -0.39 is 6.04 Å². The minimum absolute atomic E-state index is 0.0648. The average molecular weight is 224 g/mol. The van der Waals surface area contributed by atoms with Gasteiger partial charge in [0.1, 0.15) is 6.04 Å². The molecular formula is C9H16N6O. The number of hydrogen-bond donors (Lipinski definition) is 2. The van der Waals surface area contributed by atoms with Crippen LogP contribution in [0.3, 0.4) is 0 Å². The fourth-order valence-electron chi connectivity index (χ4n) is 1.06. The quantitative estimate of drug-likeness (QED) is 0.287. The van der Waals surface area contributed by atoms with Gasteiger partial charge in [-0.25, -0.2) is 0 Å². The number of nitrogens with zero attached hydrogens (tertiary/aromatic N) is 4. The highest BCUT2D eigenvalue weighted by molar-refractivity contribution is 5.77. The molecule has 1 atom stereocenters. The molecule has 2 N–H and O–H groups in total. The molecule has 0 aromatic rings. The van der Waals surface area contributed by atoms with Crippen molar-refractivity contribution >= 4 is 5.91 Å². The first-order chi connectivity index (χ1) is 7.60. The molecule has 0 radical (unpaired) electrons. The van der Waals surface area contributed by atoms with Crippen LogP contribution in [0.4, 0.5) is 0 Å². The number of nitrogens with one attached hydrogen (secondary N) is 2. The SMILES string of the molecule is CC(C)NC(=O)CC(C#N)NCCN=[N+]=[N-]. The lowest BCUT2D eigenvalue weighted by atomic mass is 10.2. The van der Waals surface area contributed by atoms with Gasteiger partial charge in [-0.3, -0.25) is 4.79 Å². The van der Waals surface area contributed by atoms with Crippen molar-refractivity contribution in [3.63, 3.8) is 0 Å². The Bertz CT molecular complexity index is 302. The van der Waals surface area contributed by atoms with Gasteiger partial charge >= 0.3 is 0 Å². The Morgan fingerprint density at radius 2 is 2.31 bits per heavy atom. The van der Waals surface area contributed by atoms with Gasteiger partial charge in [0.25, 0.3) is 0 Å². The van der Waals surface area contributed by atoms with E-state index in [1.165, 1.54) is 0 Å². The predicted molar refractivity (Wildman–Crippen MR) is 59.3 cm³/mol. The van der Waals surface area contributed by atoms with Gasteiger partial charge < -0.3 is 10.6 Å². The zero-order chi connectivity index (χ0) is 12.4. The second-order valence-corrected chi connectivity index (χ2v) is 3.52. The number of carbonyl (C=O) groups excluding carboxylic acids is 1. The molecular weight excluding hydrogens is 208 g/mol. The third-order valence-electron chi connectivity index (χ3n) is 1.66. The molecule has 0 fully saturated rings. The van der Waals surface area contributed by atoms with Crippen molar-refractivity contribution in [1.82, 2.24) is 10.6 Å². The lowest BCUT2D eigenvalue weighted by Crippen LogP contribution is -2.38. The minimum Gasteiger partial charge on any atom is -0.354 e. The predicted octanol–water partition coefficient (Wildman–Crippen LogP) is 0.693. The molecule has 16 heavy (non-hydrogen) atoms. The van der Waals surface area contributed by atoms with E-state index in [9.17, 15) is 4.79 Å². The molecule has 7 heteroatoms. The van der Waals surface area contributed by atoms with E-state index in [4.69, 9.17) is 10.8 Å². The summed E-state index contributed by atoms with van der Waals surface area (Å²) in [5.74, 6) is -0.169. The summed E-state index contributed by atoms with van der Waals surface area (Å²) in [7, 11) is 0. The number of carbonyl (C=O) groups is 1. The van der Waals surface area contributed by atoms with Gasteiger partial charge in [0, 0.05) is 24.0 Å². The lowest BCUT2D eigenvalue weighted by molar-refractivity contribution is -0.121. The maximum atomic E-state index is 11.3. The summed E-state index contributed by atoms with van der Waals surface area (Å²) in [6, 6.07) is 1.49. The van der Waals surface area contributed by atoms with E-state index in [0.29, 0.717) is 6.54 Å². The summed E-state index contributed by atoms with van der Waals surface area (Å²) in [5.41, 5.74) is 8.03. The first-order valence-electron chi connectivity index (χ1n) is 5.03. The number of amides is 1. The normalized spacial score (nSPS) is 11.4. The summed E-state index contributed by atoms with van der Waals surface area (Å²) in [6.07, 6.45) is 0.102. The fraction of sp³-hybridized carbons (Fsp3) is 0.778. The second kappa shape index (κ2) is 8.53. The Morgan fingerprint density at radius 1 is 1.62 bits per heavy atom. The smallest absolute Gasteiger partial charge is 0.222 e. The second-order valence-electron chi connectivity index (χ2n) is 3.52. The van der Waals surface area contributed by atoms with E-state index in [2.05, 4.69) is 20.7 Å². The van der Waals surface area contributed by atoms with Crippen LogP contribution < -0.4 is 10.6 Å². The Morgan fingerprint density at radius 3 is 2.81 bits per heavy atom. The first-order valence-corrected chi connectivity index (χ1v) is 5.03. The number of rotatable bonds is 7. The van der Waals surface area contributed by atoms with Crippen molar-refractivity contribution in [3.8, 4) is 6.07 Å². The van der Waals surface area contributed by atoms with E-state index >= 15 is 0 Å². The highest BCUT2D eigenvalue weighted by Crippen LogP contribution is 1.91. The largest absolute Gasteiger partial charge is 0.354 e. The minimum atomic E-state index is -0.548. The zero-order valence-electron chi connectivity index (χ0n) is 9.47. The summed E-state index contributed by atoms with van der Waals surface area (Å²) in [5, 5.41) is 17.6. The molecule has 1 unspecified atom stereocenters. The Labute approximate surface area is 94.4 Å². The Kier molecular flexibility index (Phi) is 7.59. The van der Waals surface area contributed by atoms with Crippen LogP contribution in [-0.2, 0) is 4.79 Å². The molecule has 0 aromatic carbocycles. The third-order valence-corrected chi connectivity index (χ3v) is 1.66. The summed E-state index contributed by atoms with van der Waals surface area (Å²) in [4.78, 5) is 13.9. The highest BCUT2D eigenvalue weighted by Gasteiger charge is 2.12. The summed E-state index contributed by atoms with van der Waals surface area (Å²) in [6.45, 7) is 4.36. The molecule has 1 amide bonds. The van der Waals surface area contributed by atoms with E-state index in [1.807, 2.05) is 19.9 Å². The Balaban J connectivity index is 3.87. The lowest BCUT2D eigenvalue weighted by Gasteiger charge is -2.12. The standard InChI is InChI=1S/C9H16N6O/c1-7(2)14-9(16)5-8(6-10)12-3-4-13-15-11/h7-8,12H,3-5H2,1-2H3,(H,14,16). The molecule has 0 rings (SSSR count). The van der Waals surface area contributed by atoms with E-state index in [0.717, 1.165) is 0 Å². The summed E-state index contributed by atoms with van der Waals surface area (Å²) >= 11 is 0. The van der Waals surface area contributed by atoms with Crippen molar-refractivity contribution in [3.05, 3.63) is 10.4 Å². The van der Waals surface area contributed by atoms with Crippen LogP contribution in [0.5, 0.6) is 0 Å². The first kappa shape index (κ1) is 14.2. The van der Waals surface area contributed by atoms with Crippen LogP contribution in [0, 0.1) is 11.3 Å². The van der Waals surface area contributed by atoms with Crippen molar-refractivity contribution in [2.24, 2.45) is 5.11 Å². The number of azide groups is 1. The maximum Gasteiger partial charge on any atom is 0.222 e. The van der Waals surface area contributed by atoms with Gasteiger partial charge in [-0.1, -0.05) is 5.11 Å². The topological polar surface area (TPSA) is 114 Å². The van der Waals surface area contributed by atoms with Crippen LogP contribution in [0.25, 0.3) is 10.4 Å². The molecule has 0 aromatic heterocycles. The van der Waals surface area contributed by atoms with E-state index in [1.54, 1.807) is 0 Å². The Hall–Kier alpha value is -1.77. The van der Waals surface area contributed by atoms with Gasteiger partial charge in [-0.2, -0.15) is 5.26 Å². The molecule has 0 saturated heterocycles. The molecule has 0 aliphatic carbocycles. The molecule has 7 nitrogen and oxygen atoms in total. The van der Waals surface area contributed by atoms with Gasteiger partial charge in [0.05, 0.1) is 12.5 Å². The van der Waals surface area contributed by atoms with Crippen LogP contribution >= 0.6 is 0 Å².